The number of carboxylic acid groups (broad SMARTS) is 1. The molecule has 4 heteroatoms. The zero-order valence-electron chi connectivity index (χ0n) is 10.2. The summed E-state index contributed by atoms with van der Waals surface area (Å²) in [7, 11) is 0. The lowest BCUT2D eigenvalue weighted by atomic mass is 10.1. The molecule has 0 saturated carbocycles. The molecular formula is C14H15NO3. The number of benzene rings is 1. The molecule has 0 fully saturated rings. The minimum atomic E-state index is -0.891. The van der Waals surface area contributed by atoms with E-state index in [1.165, 1.54) is 0 Å². The molecule has 1 aromatic rings. The number of hydrogen-bond acceptors (Lipinski definition) is 2. The minimum Gasteiger partial charge on any atom is -0.478 e. The number of rotatable bonds is 2. The first-order valence-electron chi connectivity index (χ1n) is 5.86. The van der Waals surface area contributed by atoms with Crippen LogP contribution in [-0.2, 0) is 4.79 Å². The van der Waals surface area contributed by atoms with Crippen molar-refractivity contribution < 1.29 is 14.7 Å². The average molecular weight is 245 g/mol. The van der Waals surface area contributed by atoms with Crippen LogP contribution in [0.1, 0.15) is 22.3 Å². The third kappa shape index (κ3) is 2.59. The Balaban J connectivity index is 2.08. The Bertz CT molecular complexity index is 502. The first-order chi connectivity index (χ1) is 8.58. The molecule has 94 valence electrons. The molecular weight excluding hydrogens is 230 g/mol. The van der Waals surface area contributed by atoms with Gasteiger partial charge in [-0.1, -0.05) is 23.8 Å². The zero-order valence-corrected chi connectivity index (χ0v) is 10.2. The van der Waals surface area contributed by atoms with E-state index in [9.17, 15) is 9.59 Å². The fourth-order valence-electron chi connectivity index (χ4n) is 1.93. The largest absolute Gasteiger partial charge is 0.478 e. The summed E-state index contributed by atoms with van der Waals surface area (Å²) in [5.41, 5.74) is 2.15. The fourth-order valence-corrected chi connectivity index (χ4v) is 1.93. The lowest BCUT2D eigenvalue weighted by Crippen LogP contribution is -2.35. The standard InChI is InChI=1S/C14H15NO3/c1-10-2-4-11(5-3-10)13(16)15-8-6-12(7-9-15)14(17)18/h2-6H,7-9H2,1H3,(H,17,18). The summed E-state index contributed by atoms with van der Waals surface area (Å²) in [6.45, 7) is 2.80. The van der Waals surface area contributed by atoms with Crippen molar-refractivity contribution >= 4 is 11.9 Å². The minimum absolute atomic E-state index is 0.0457. The predicted octanol–water partition coefficient (Wildman–Crippen LogP) is 1.85. The molecule has 0 atom stereocenters. The second kappa shape index (κ2) is 5.04. The highest BCUT2D eigenvalue weighted by Gasteiger charge is 2.20. The van der Waals surface area contributed by atoms with Gasteiger partial charge < -0.3 is 10.0 Å². The van der Waals surface area contributed by atoms with Crippen LogP contribution in [0.5, 0.6) is 0 Å². The quantitative estimate of drug-likeness (QED) is 0.865. The monoisotopic (exact) mass is 245 g/mol. The summed E-state index contributed by atoms with van der Waals surface area (Å²) in [5.74, 6) is -0.937. The third-order valence-corrected chi connectivity index (χ3v) is 3.07. The van der Waals surface area contributed by atoms with Gasteiger partial charge in [-0.15, -0.1) is 0 Å². The molecule has 1 heterocycles. The highest BCUT2D eigenvalue weighted by Crippen LogP contribution is 2.14. The van der Waals surface area contributed by atoms with E-state index >= 15 is 0 Å². The fraction of sp³-hybridized carbons (Fsp3) is 0.286. The number of carboxylic acids is 1. The Hall–Kier alpha value is -2.10. The third-order valence-electron chi connectivity index (χ3n) is 3.07. The Morgan fingerprint density at radius 2 is 1.89 bits per heavy atom. The van der Waals surface area contributed by atoms with E-state index in [0.717, 1.165) is 5.56 Å². The molecule has 0 unspecified atom stereocenters. The van der Waals surface area contributed by atoms with Gasteiger partial charge in [0.2, 0.25) is 0 Å². The van der Waals surface area contributed by atoms with Gasteiger partial charge in [-0.3, -0.25) is 4.79 Å². The molecule has 1 aromatic carbocycles. The molecule has 1 aliphatic heterocycles. The number of aryl methyl sites for hydroxylation is 1. The van der Waals surface area contributed by atoms with E-state index in [-0.39, 0.29) is 5.91 Å². The van der Waals surface area contributed by atoms with Crippen molar-refractivity contribution in [2.45, 2.75) is 13.3 Å². The summed E-state index contributed by atoms with van der Waals surface area (Å²) in [6, 6.07) is 7.40. The normalized spacial score (nSPS) is 15.2. The number of nitrogens with zero attached hydrogens (tertiary/aromatic N) is 1. The van der Waals surface area contributed by atoms with Crippen LogP contribution < -0.4 is 0 Å². The lowest BCUT2D eigenvalue weighted by Gasteiger charge is -2.25. The molecule has 0 bridgehead atoms. The molecule has 0 saturated heterocycles. The Labute approximate surface area is 106 Å². The summed E-state index contributed by atoms with van der Waals surface area (Å²) >= 11 is 0. The van der Waals surface area contributed by atoms with Gasteiger partial charge in [0.15, 0.2) is 0 Å². The van der Waals surface area contributed by atoms with Crippen molar-refractivity contribution in [2.75, 3.05) is 13.1 Å². The van der Waals surface area contributed by atoms with Gasteiger partial charge in [0.1, 0.15) is 0 Å². The number of carbonyl (C=O) groups excluding carboxylic acids is 1. The number of aliphatic carboxylic acids is 1. The van der Waals surface area contributed by atoms with Crippen molar-refractivity contribution in [3.63, 3.8) is 0 Å². The van der Waals surface area contributed by atoms with Gasteiger partial charge in [0, 0.05) is 24.2 Å². The summed E-state index contributed by atoms with van der Waals surface area (Å²) in [4.78, 5) is 24.6. The van der Waals surface area contributed by atoms with E-state index < -0.39 is 5.97 Å². The molecule has 2 rings (SSSR count). The molecule has 1 aliphatic rings. The SMILES string of the molecule is Cc1ccc(C(=O)N2CC=C(C(=O)O)CC2)cc1. The molecule has 4 nitrogen and oxygen atoms in total. The number of hydrogen-bond donors (Lipinski definition) is 1. The maximum Gasteiger partial charge on any atom is 0.331 e. The number of amides is 1. The molecule has 0 radical (unpaired) electrons. The Kier molecular flexibility index (Phi) is 3.46. The summed E-state index contributed by atoms with van der Waals surface area (Å²) in [6.07, 6.45) is 2.02. The smallest absolute Gasteiger partial charge is 0.331 e. The predicted molar refractivity (Wildman–Crippen MR) is 67.4 cm³/mol. The number of carbonyl (C=O) groups is 2. The maximum atomic E-state index is 12.1. The van der Waals surface area contributed by atoms with E-state index in [2.05, 4.69) is 0 Å². The summed E-state index contributed by atoms with van der Waals surface area (Å²) in [5, 5.41) is 8.84. The average Bonchev–Trinajstić information content (AvgIpc) is 2.39. The van der Waals surface area contributed by atoms with Crippen molar-refractivity contribution in [1.29, 1.82) is 0 Å². The van der Waals surface area contributed by atoms with E-state index in [1.54, 1.807) is 23.1 Å². The van der Waals surface area contributed by atoms with E-state index in [0.29, 0.717) is 30.6 Å². The molecule has 18 heavy (non-hydrogen) atoms. The molecule has 0 spiro atoms. The van der Waals surface area contributed by atoms with Gasteiger partial charge in [-0.25, -0.2) is 4.79 Å². The van der Waals surface area contributed by atoms with E-state index in [4.69, 9.17) is 5.11 Å². The summed E-state index contributed by atoms with van der Waals surface area (Å²) < 4.78 is 0. The van der Waals surface area contributed by atoms with Crippen LogP contribution in [0.15, 0.2) is 35.9 Å². The van der Waals surface area contributed by atoms with Crippen LogP contribution in [0.25, 0.3) is 0 Å². The highest BCUT2D eigenvalue weighted by atomic mass is 16.4. The molecule has 0 aromatic heterocycles. The van der Waals surface area contributed by atoms with Crippen molar-refractivity contribution in [1.82, 2.24) is 4.90 Å². The second-order valence-electron chi connectivity index (χ2n) is 4.40. The maximum absolute atomic E-state index is 12.1. The van der Waals surface area contributed by atoms with Crippen molar-refractivity contribution in [3.8, 4) is 0 Å². The van der Waals surface area contributed by atoms with Crippen LogP contribution in [0.3, 0.4) is 0 Å². The van der Waals surface area contributed by atoms with Crippen LogP contribution in [0.4, 0.5) is 0 Å². The van der Waals surface area contributed by atoms with Gasteiger partial charge in [-0.2, -0.15) is 0 Å². The van der Waals surface area contributed by atoms with E-state index in [1.807, 2.05) is 19.1 Å². The Morgan fingerprint density at radius 3 is 2.39 bits per heavy atom. The first kappa shape index (κ1) is 12.4. The van der Waals surface area contributed by atoms with Crippen molar-refractivity contribution in [3.05, 3.63) is 47.0 Å². The topological polar surface area (TPSA) is 57.6 Å². The Morgan fingerprint density at radius 1 is 1.22 bits per heavy atom. The first-order valence-corrected chi connectivity index (χ1v) is 5.86. The van der Waals surface area contributed by atoms with Crippen LogP contribution >= 0.6 is 0 Å². The molecule has 0 aliphatic carbocycles. The van der Waals surface area contributed by atoms with Crippen LogP contribution in [0.2, 0.25) is 0 Å². The highest BCUT2D eigenvalue weighted by molar-refractivity contribution is 5.95. The van der Waals surface area contributed by atoms with Gasteiger partial charge in [-0.05, 0) is 25.5 Å². The van der Waals surface area contributed by atoms with Crippen molar-refractivity contribution in [2.24, 2.45) is 0 Å². The van der Waals surface area contributed by atoms with Crippen LogP contribution in [-0.4, -0.2) is 35.0 Å². The second-order valence-corrected chi connectivity index (χ2v) is 4.40. The zero-order chi connectivity index (χ0) is 13.1. The van der Waals surface area contributed by atoms with Gasteiger partial charge >= 0.3 is 5.97 Å². The molecule has 1 amide bonds. The van der Waals surface area contributed by atoms with Crippen LogP contribution in [0, 0.1) is 6.92 Å². The lowest BCUT2D eigenvalue weighted by molar-refractivity contribution is -0.133. The molecule has 1 N–H and O–H groups in total. The van der Waals surface area contributed by atoms with Gasteiger partial charge in [0.05, 0.1) is 0 Å². The van der Waals surface area contributed by atoms with Gasteiger partial charge in [0.25, 0.3) is 5.91 Å².